The van der Waals surface area contributed by atoms with Gasteiger partial charge in [-0.3, -0.25) is 9.59 Å². The Bertz CT molecular complexity index is 572. The lowest BCUT2D eigenvalue weighted by Gasteiger charge is -2.26. The van der Waals surface area contributed by atoms with Crippen LogP contribution in [0.2, 0.25) is 0 Å². The highest BCUT2D eigenvalue weighted by Gasteiger charge is 2.20. The van der Waals surface area contributed by atoms with Crippen molar-refractivity contribution in [1.82, 2.24) is 4.90 Å². The summed E-state index contributed by atoms with van der Waals surface area (Å²) in [4.78, 5) is 26.0. The predicted octanol–water partition coefficient (Wildman–Crippen LogP) is 4.14. The summed E-state index contributed by atoms with van der Waals surface area (Å²) < 4.78 is 19.2. The highest BCUT2D eigenvalue weighted by molar-refractivity contribution is 5.94. The minimum atomic E-state index is -0.705. The Balaban J connectivity index is 2.97. The fraction of sp³-hybridized carbons (Fsp3) is 0.579. The van der Waals surface area contributed by atoms with Crippen LogP contribution in [0.4, 0.5) is 4.39 Å². The number of halogens is 1. The van der Waals surface area contributed by atoms with Gasteiger partial charge in [-0.05, 0) is 30.0 Å². The van der Waals surface area contributed by atoms with Gasteiger partial charge in [0.05, 0.1) is 5.92 Å². The zero-order chi connectivity index (χ0) is 18.4. The number of amides is 1. The molecule has 1 aromatic carbocycles. The normalized spacial score (nSPS) is 11.2. The zero-order valence-corrected chi connectivity index (χ0v) is 15.4. The van der Waals surface area contributed by atoms with E-state index in [4.69, 9.17) is 4.74 Å². The smallest absolute Gasteiger partial charge is 0.313 e. The van der Waals surface area contributed by atoms with Gasteiger partial charge in [-0.2, -0.15) is 0 Å². The summed E-state index contributed by atoms with van der Waals surface area (Å²) in [7, 11) is 0. The molecule has 0 heterocycles. The molecule has 0 saturated carbocycles. The summed E-state index contributed by atoms with van der Waals surface area (Å²) in [5.74, 6) is -1.27. The fourth-order valence-electron chi connectivity index (χ4n) is 2.25. The molecular weight excluding hydrogens is 309 g/mol. The molecule has 0 bridgehead atoms. The van der Waals surface area contributed by atoms with Crippen LogP contribution in [0.25, 0.3) is 0 Å². The lowest BCUT2D eigenvalue weighted by molar-refractivity contribution is -0.137. The number of hydrogen-bond donors (Lipinski definition) is 0. The zero-order valence-electron chi connectivity index (χ0n) is 15.4. The molecule has 0 aromatic heterocycles. The molecule has 1 amide bonds. The van der Waals surface area contributed by atoms with E-state index >= 15 is 0 Å². The van der Waals surface area contributed by atoms with Crippen LogP contribution in [0, 0.1) is 23.6 Å². The van der Waals surface area contributed by atoms with Crippen LogP contribution >= 0.6 is 0 Å². The van der Waals surface area contributed by atoms with Crippen molar-refractivity contribution in [3.05, 3.63) is 29.6 Å². The molecule has 0 unspecified atom stereocenters. The Kier molecular flexibility index (Phi) is 7.39. The molecule has 0 aliphatic heterocycles. The van der Waals surface area contributed by atoms with Gasteiger partial charge in [0.25, 0.3) is 5.91 Å². The predicted molar refractivity (Wildman–Crippen MR) is 92.5 cm³/mol. The second-order valence-electron chi connectivity index (χ2n) is 7.22. The van der Waals surface area contributed by atoms with Crippen LogP contribution in [0.5, 0.6) is 5.75 Å². The van der Waals surface area contributed by atoms with Crippen molar-refractivity contribution in [1.29, 1.82) is 0 Å². The third-order valence-corrected chi connectivity index (χ3v) is 3.32. The molecule has 134 valence electrons. The molecule has 1 aromatic rings. The van der Waals surface area contributed by atoms with E-state index < -0.39 is 11.8 Å². The molecule has 0 atom stereocenters. The van der Waals surface area contributed by atoms with Gasteiger partial charge >= 0.3 is 5.97 Å². The van der Waals surface area contributed by atoms with Gasteiger partial charge in [0.15, 0.2) is 11.6 Å². The quantitative estimate of drug-likeness (QED) is 0.555. The fourth-order valence-corrected chi connectivity index (χ4v) is 2.25. The molecule has 0 saturated heterocycles. The Labute approximate surface area is 144 Å². The van der Waals surface area contributed by atoms with E-state index in [1.807, 2.05) is 27.7 Å². The first-order valence-corrected chi connectivity index (χ1v) is 8.42. The maximum atomic E-state index is 14.2. The number of esters is 1. The van der Waals surface area contributed by atoms with Crippen LogP contribution in [-0.2, 0) is 4.79 Å². The maximum Gasteiger partial charge on any atom is 0.313 e. The third-order valence-electron chi connectivity index (χ3n) is 3.32. The minimum Gasteiger partial charge on any atom is -0.423 e. The Morgan fingerprint density at radius 1 is 1.04 bits per heavy atom. The molecule has 24 heavy (non-hydrogen) atoms. The van der Waals surface area contributed by atoms with Crippen molar-refractivity contribution in [3.63, 3.8) is 0 Å². The van der Waals surface area contributed by atoms with E-state index in [1.165, 1.54) is 12.1 Å². The molecule has 1 rings (SSSR count). The summed E-state index contributed by atoms with van der Waals surface area (Å²) >= 11 is 0. The van der Waals surface area contributed by atoms with Crippen LogP contribution in [0.1, 0.15) is 51.9 Å². The van der Waals surface area contributed by atoms with Crippen LogP contribution in [-0.4, -0.2) is 29.9 Å². The van der Waals surface area contributed by atoms with Gasteiger partial charge in [0, 0.05) is 18.7 Å². The van der Waals surface area contributed by atoms with Crippen molar-refractivity contribution in [3.8, 4) is 5.75 Å². The summed E-state index contributed by atoms with van der Waals surface area (Å²) in [5.41, 5.74) is 0.262. The number of ether oxygens (including phenoxy) is 1. The lowest BCUT2D eigenvalue weighted by atomic mass is 10.1. The van der Waals surface area contributed by atoms with Crippen molar-refractivity contribution in [2.75, 3.05) is 13.1 Å². The lowest BCUT2D eigenvalue weighted by Crippen LogP contribution is -2.37. The van der Waals surface area contributed by atoms with E-state index in [2.05, 4.69) is 0 Å². The van der Waals surface area contributed by atoms with Crippen LogP contribution in [0.15, 0.2) is 18.2 Å². The summed E-state index contributed by atoms with van der Waals surface area (Å²) in [5, 5.41) is 0. The molecule has 0 N–H and O–H groups in total. The summed E-state index contributed by atoms with van der Waals surface area (Å²) in [6, 6.07) is 3.98. The number of rotatable bonds is 7. The average Bonchev–Trinajstić information content (AvgIpc) is 2.46. The molecule has 0 aliphatic carbocycles. The number of hydrogen-bond acceptors (Lipinski definition) is 3. The second-order valence-corrected chi connectivity index (χ2v) is 7.22. The van der Waals surface area contributed by atoms with Crippen molar-refractivity contribution < 1.29 is 18.7 Å². The van der Waals surface area contributed by atoms with Gasteiger partial charge in [0.2, 0.25) is 0 Å². The first kappa shape index (κ1) is 20.1. The summed E-state index contributed by atoms with van der Waals surface area (Å²) in [6.45, 7) is 12.7. The SMILES string of the molecule is CC(C)CN(CC(C)C)C(=O)c1ccc(OC(=O)C(C)C)c(F)c1. The second kappa shape index (κ2) is 8.81. The first-order chi connectivity index (χ1) is 11.1. The van der Waals surface area contributed by atoms with Gasteiger partial charge in [0.1, 0.15) is 0 Å². The minimum absolute atomic E-state index is 0.149. The third kappa shape index (κ3) is 5.95. The largest absolute Gasteiger partial charge is 0.423 e. The molecular formula is C19H28FNO3. The Morgan fingerprint density at radius 2 is 1.58 bits per heavy atom. The standard InChI is InChI=1S/C19H28FNO3/c1-12(2)10-21(11-13(3)4)18(22)15-7-8-17(16(20)9-15)24-19(23)14(5)6/h7-9,12-14H,10-11H2,1-6H3. The molecule has 0 radical (unpaired) electrons. The maximum absolute atomic E-state index is 14.2. The van der Waals surface area contributed by atoms with E-state index in [0.717, 1.165) is 6.07 Å². The first-order valence-electron chi connectivity index (χ1n) is 8.42. The average molecular weight is 337 g/mol. The monoisotopic (exact) mass is 337 g/mol. The van der Waals surface area contributed by atoms with E-state index in [-0.39, 0.29) is 23.1 Å². The Hall–Kier alpha value is -1.91. The van der Waals surface area contributed by atoms with Gasteiger partial charge < -0.3 is 9.64 Å². The van der Waals surface area contributed by atoms with Crippen molar-refractivity contribution >= 4 is 11.9 Å². The molecule has 4 nitrogen and oxygen atoms in total. The van der Waals surface area contributed by atoms with Crippen LogP contribution in [0.3, 0.4) is 0 Å². The number of nitrogens with zero attached hydrogens (tertiary/aromatic N) is 1. The topological polar surface area (TPSA) is 46.6 Å². The molecule has 0 fully saturated rings. The number of carbonyl (C=O) groups is 2. The van der Waals surface area contributed by atoms with Crippen molar-refractivity contribution in [2.24, 2.45) is 17.8 Å². The Morgan fingerprint density at radius 3 is 2.00 bits per heavy atom. The van der Waals surface area contributed by atoms with Gasteiger partial charge in [-0.1, -0.05) is 41.5 Å². The van der Waals surface area contributed by atoms with Gasteiger partial charge in [-0.25, -0.2) is 4.39 Å². The van der Waals surface area contributed by atoms with E-state index in [0.29, 0.717) is 24.9 Å². The molecule has 5 heteroatoms. The van der Waals surface area contributed by atoms with Gasteiger partial charge in [-0.15, -0.1) is 0 Å². The highest BCUT2D eigenvalue weighted by Crippen LogP contribution is 2.21. The number of benzene rings is 1. The summed E-state index contributed by atoms with van der Waals surface area (Å²) in [6.07, 6.45) is 0. The van der Waals surface area contributed by atoms with Crippen LogP contribution < -0.4 is 4.74 Å². The number of carbonyl (C=O) groups excluding carboxylic acids is 2. The molecule has 0 aliphatic rings. The van der Waals surface area contributed by atoms with E-state index in [9.17, 15) is 14.0 Å². The highest BCUT2D eigenvalue weighted by atomic mass is 19.1. The molecule has 0 spiro atoms. The van der Waals surface area contributed by atoms with Crippen molar-refractivity contribution in [2.45, 2.75) is 41.5 Å². The van der Waals surface area contributed by atoms with E-state index in [1.54, 1.807) is 18.7 Å².